The van der Waals surface area contributed by atoms with Crippen LogP contribution in [0.5, 0.6) is 0 Å². The van der Waals surface area contributed by atoms with Gasteiger partial charge in [0, 0.05) is 56.9 Å². The van der Waals surface area contributed by atoms with Crippen LogP contribution in [0, 0.1) is 0 Å². The number of fused-ring (bicyclic) bond motifs is 1. The van der Waals surface area contributed by atoms with Gasteiger partial charge in [0.15, 0.2) is 0 Å². The van der Waals surface area contributed by atoms with E-state index in [0.29, 0.717) is 5.56 Å². The van der Waals surface area contributed by atoms with E-state index in [1.54, 1.807) is 18.2 Å². The van der Waals surface area contributed by atoms with Crippen LogP contribution in [0.4, 0.5) is 0 Å². The minimum atomic E-state index is -0.436. The maximum Gasteiger partial charge on any atom is 0.233 e. The van der Waals surface area contributed by atoms with Crippen LogP contribution in [-0.4, -0.2) is 63.0 Å². The third kappa shape index (κ3) is 2.06. The topological polar surface area (TPSA) is 34.1 Å². The average molecular weight is 197 g/mol. The van der Waals surface area contributed by atoms with E-state index < -0.39 is 11.6 Å². The summed E-state index contributed by atoms with van der Waals surface area (Å²) >= 11 is 0. The predicted octanol–water partition coefficient (Wildman–Crippen LogP) is 1.08. The molecule has 1 radical (unpaired) electrons. The van der Waals surface area contributed by atoms with Crippen molar-refractivity contribution in [3.05, 3.63) is 41.5 Å². The van der Waals surface area contributed by atoms with Crippen molar-refractivity contribution in [3.63, 3.8) is 0 Å². The number of hydrogen-bond acceptors (Lipinski definition) is 2. The van der Waals surface area contributed by atoms with Gasteiger partial charge in [-0.05, 0) is 11.6 Å². The van der Waals surface area contributed by atoms with Crippen LogP contribution in [0.1, 0.15) is 15.9 Å². The van der Waals surface area contributed by atoms with Crippen molar-refractivity contribution in [2.45, 2.75) is 0 Å². The molecule has 0 saturated carbocycles. The zero-order chi connectivity index (χ0) is 8.55. The van der Waals surface area contributed by atoms with Crippen LogP contribution in [-0.2, 0) is 4.79 Å². The van der Waals surface area contributed by atoms with Gasteiger partial charge >= 0.3 is 0 Å². The number of ketones is 2. The van der Waals surface area contributed by atoms with E-state index in [1.807, 2.05) is 12.1 Å². The van der Waals surface area contributed by atoms with Gasteiger partial charge in [-0.2, -0.15) is 0 Å². The van der Waals surface area contributed by atoms with Crippen molar-refractivity contribution < 1.29 is 9.59 Å². The molecule has 59 valence electrons. The van der Waals surface area contributed by atoms with Crippen LogP contribution in [0.2, 0.25) is 0 Å². The van der Waals surface area contributed by atoms with Gasteiger partial charge in [0.05, 0.1) is 0 Å². The SMILES string of the molecule is O=C1C=Cc2ccccc2C1=O.[K]. The van der Waals surface area contributed by atoms with E-state index in [9.17, 15) is 9.59 Å². The number of rotatable bonds is 0. The van der Waals surface area contributed by atoms with Crippen molar-refractivity contribution in [2.75, 3.05) is 0 Å². The first-order chi connectivity index (χ1) is 5.79. The number of carbonyl (C=O) groups excluding carboxylic acids is 2. The summed E-state index contributed by atoms with van der Waals surface area (Å²) in [6.07, 6.45) is 2.98. The van der Waals surface area contributed by atoms with Crippen LogP contribution >= 0.6 is 0 Å². The zero-order valence-corrected chi connectivity index (χ0v) is 10.4. The van der Waals surface area contributed by atoms with Crippen molar-refractivity contribution in [1.82, 2.24) is 0 Å². The van der Waals surface area contributed by atoms with Crippen molar-refractivity contribution in [1.29, 1.82) is 0 Å². The van der Waals surface area contributed by atoms with Gasteiger partial charge in [0.1, 0.15) is 0 Å². The average Bonchev–Trinajstić information content (AvgIpc) is 2.12. The molecule has 0 aliphatic heterocycles. The molecule has 0 unspecified atom stereocenters. The minimum Gasteiger partial charge on any atom is -0.286 e. The van der Waals surface area contributed by atoms with E-state index in [-0.39, 0.29) is 51.4 Å². The van der Waals surface area contributed by atoms with Crippen LogP contribution < -0.4 is 0 Å². The molecule has 0 N–H and O–H groups in total. The molecule has 0 fully saturated rings. The molecule has 13 heavy (non-hydrogen) atoms. The summed E-state index contributed by atoms with van der Waals surface area (Å²) in [6.45, 7) is 0. The molecule has 0 spiro atoms. The number of carbonyl (C=O) groups is 2. The van der Waals surface area contributed by atoms with Gasteiger partial charge < -0.3 is 0 Å². The normalized spacial score (nSPS) is 13.5. The molecular weight excluding hydrogens is 191 g/mol. The first-order valence-corrected chi connectivity index (χ1v) is 3.65. The number of Topliss-reactive ketones (excluding diaryl/α,β-unsaturated/α-hetero) is 1. The second kappa shape index (κ2) is 4.44. The Labute approximate surface area is 118 Å². The van der Waals surface area contributed by atoms with Crippen molar-refractivity contribution in [3.8, 4) is 0 Å². The molecule has 3 heteroatoms. The van der Waals surface area contributed by atoms with Crippen LogP contribution in [0.3, 0.4) is 0 Å². The summed E-state index contributed by atoms with van der Waals surface area (Å²) in [5, 5.41) is 0. The molecule has 2 nitrogen and oxygen atoms in total. The molecule has 2 rings (SSSR count). The second-order valence-electron chi connectivity index (χ2n) is 2.61. The fourth-order valence-electron chi connectivity index (χ4n) is 1.22. The molecule has 1 aliphatic rings. The Bertz CT molecular complexity index is 394. The summed E-state index contributed by atoms with van der Waals surface area (Å²) in [4.78, 5) is 22.1. The number of hydrogen-bond donors (Lipinski definition) is 0. The van der Waals surface area contributed by atoms with Gasteiger partial charge in [-0.15, -0.1) is 0 Å². The fourth-order valence-corrected chi connectivity index (χ4v) is 1.22. The third-order valence-corrected chi connectivity index (χ3v) is 1.84. The number of benzene rings is 1. The first-order valence-electron chi connectivity index (χ1n) is 3.65. The van der Waals surface area contributed by atoms with Crippen molar-refractivity contribution in [2.24, 2.45) is 0 Å². The molecular formula is C10H6KO2. The quantitative estimate of drug-likeness (QED) is 0.461. The molecule has 1 aromatic carbocycles. The number of allylic oxidation sites excluding steroid dienone is 1. The maximum absolute atomic E-state index is 11.2. The molecule has 0 aromatic heterocycles. The summed E-state index contributed by atoms with van der Waals surface area (Å²) in [5.41, 5.74) is 1.33. The molecule has 0 heterocycles. The Morgan fingerprint density at radius 1 is 0.923 bits per heavy atom. The van der Waals surface area contributed by atoms with E-state index in [2.05, 4.69) is 0 Å². The fraction of sp³-hybridized carbons (Fsp3) is 0. The van der Waals surface area contributed by atoms with Gasteiger partial charge in [-0.3, -0.25) is 9.59 Å². The minimum absolute atomic E-state index is 0. The van der Waals surface area contributed by atoms with E-state index in [0.717, 1.165) is 5.56 Å². The molecule has 1 aliphatic carbocycles. The maximum atomic E-state index is 11.2. The Balaban J connectivity index is 0.000000845. The Kier molecular flexibility index (Phi) is 3.76. The monoisotopic (exact) mass is 197 g/mol. The summed E-state index contributed by atoms with van der Waals surface area (Å²) in [6, 6.07) is 7.07. The van der Waals surface area contributed by atoms with Gasteiger partial charge in [-0.1, -0.05) is 30.3 Å². The largest absolute Gasteiger partial charge is 0.286 e. The predicted molar refractivity (Wildman–Crippen MR) is 50.6 cm³/mol. The summed E-state index contributed by atoms with van der Waals surface area (Å²) < 4.78 is 0. The van der Waals surface area contributed by atoms with E-state index >= 15 is 0 Å². The van der Waals surface area contributed by atoms with Gasteiger partial charge in [0.2, 0.25) is 11.6 Å². The molecule has 0 amide bonds. The second-order valence-corrected chi connectivity index (χ2v) is 2.61. The molecule has 0 saturated heterocycles. The van der Waals surface area contributed by atoms with Gasteiger partial charge in [0.25, 0.3) is 0 Å². The summed E-state index contributed by atoms with van der Waals surface area (Å²) in [7, 11) is 0. The van der Waals surface area contributed by atoms with Crippen LogP contribution in [0.25, 0.3) is 6.08 Å². The molecule has 1 aromatic rings. The van der Waals surface area contributed by atoms with Crippen molar-refractivity contribution >= 4 is 69.0 Å². The van der Waals surface area contributed by atoms with E-state index in [1.165, 1.54) is 6.08 Å². The van der Waals surface area contributed by atoms with Crippen LogP contribution in [0.15, 0.2) is 30.3 Å². The zero-order valence-electron chi connectivity index (χ0n) is 7.28. The smallest absolute Gasteiger partial charge is 0.233 e. The van der Waals surface area contributed by atoms with E-state index in [4.69, 9.17) is 0 Å². The first kappa shape index (κ1) is 11.0. The van der Waals surface area contributed by atoms with Gasteiger partial charge in [-0.25, -0.2) is 0 Å². The standard InChI is InChI=1S/C10H6O2.K/c11-9-6-5-7-3-1-2-4-8(7)10(9)12;/h1-6H;. The summed E-state index contributed by atoms with van der Waals surface area (Å²) in [5.74, 6) is -0.846. The third-order valence-electron chi connectivity index (χ3n) is 1.84. The Hall–Kier alpha value is -0.0636. The molecule has 0 atom stereocenters. The molecule has 0 bridgehead atoms. The Morgan fingerprint density at radius 3 is 2.38 bits per heavy atom. The Morgan fingerprint density at radius 2 is 1.62 bits per heavy atom.